The molecular formula is C9H13NO. The van der Waals surface area contributed by atoms with Crippen LogP contribution in [-0.2, 0) is 4.74 Å². The molecule has 0 N–H and O–H groups in total. The Kier molecular flexibility index (Phi) is 2.90. The molecule has 2 heteroatoms. The smallest absolute Gasteiger partial charge is 0.187 e. The number of hydrogen-bond acceptors (Lipinski definition) is 2. The summed E-state index contributed by atoms with van der Waals surface area (Å²) < 4.78 is 5.29. The molecule has 1 heterocycles. The highest BCUT2D eigenvalue weighted by molar-refractivity contribution is 5.79. The van der Waals surface area contributed by atoms with Crippen molar-refractivity contribution in [1.82, 2.24) is 0 Å². The van der Waals surface area contributed by atoms with Crippen molar-refractivity contribution < 1.29 is 4.74 Å². The molecule has 60 valence electrons. The van der Waals surface area contributed by atoms with Crippen LogP contribution in [0.4, 0.5) is 0 Å². The van der Waals surface area contributed by atoms with Gasteiger partial charge in [0.2, 0.25) is 0 Å². The zero-order valence-corrected chi connectivity index (χ0v) is 6.62. The Bertz CT molecular complexity index is 184. The van der Waals surface area contributed by atoms with Crippen molar-refractivity contribution in [2.75, 3.05) is 6.61 Å². The quantitative estimate of drug-likeness (QED) is 0.563. The molecule has 0 spiro atoms. The van der Waals surface area contributed by atoms with Crippen LogP contribution in [0.5, 0.6) is 0 Å². The fourth-order valence-electron chi connectivity index (χ4n) is 1.02. The molecule has 0 amide bonds. The summed E-state index contributed by atoms with van der Waals surface area (Å²) in [6, 6.07) is 0.294. The lowest BCUT2D eigenvalue weighted by atomic mass is 10.2. The van der Waals surface area contributed by atoms with E-state index >= 15 is 0 Å². The van der Waals surface area contributed by atoms with Crippen molar-refractivity contribution in [2.24, 2.45) is 4.99 Å². The Hall–Kier alpha value is -1.05. The maximum Gasteiger partial charge on any atom is 0.187 e. The van der Waals surface area contributed by atoms with Crippen molar-refractivity contribution in [3.63, 3.8) is 0 Å². The third-order valence-corrected chi connectivity index (χ3v) is 1.53. The Morgan fingerprint density at radius 2 is 2.36 bits per heavy atom. The molecule has 0 radical (unpaired) electrons. The van der Waals surface area contributed by atoms with Crippen molar-refractivity contribution in [1.29, 1.82) is 0 Å². The van der Waals surface area contributed by atoms with Gasteiger partial charge in [0.25, 0.3) is 0 Å². The summed E-state index contributed by atoms with van der Waals surface area (Å²) in [7, 11) is 0. The highest BCUT2D eigenvalue weighted by atomic mass is 16.5. The van der Waals surface area contributed by atoms with E-state index in [1.807, 2.05) is 6.08 Å². The topological polar surface area (TPSA) is 21.6 Å². The van der Waals surface area contributed by atoms with Crippen molar-refractivity contribution in [3.05, 3.63) is 25.3 Å². The van der Waals surface area contributed by atoms with Crippen LogP contribution in [0, 0.1) is 0 Å². The monoisotopic (exact) mass is 151 g/mol. The fraction of sp³-hybridized carbons (Fsp3) is 0.444. The Balaban J connectivity index is 2.39. The Labute approximate surface area is 67.3 Å². The normalized spacial score (nSPS) is 22.2. The van der Waals surface area contributed by atoms with E-state index in [1.54, 1.807) is 6.08 Å². The predicted molar refractivity (Wildman–Crippen MR) is 46.8 cm³/mol. The van der Waals surface area contributed by atoms with Gasteiger partial charge in [-0.2, -0.15) is 0 Å². The van der Waals surface area contributed by atoms with Gasteiger partial charge in [0.1, 0.15) is 6.61 Å². The average molecular weight is 151 g/mol. The van der Waals surface area contributed by atoms with Gasteiger partial charge < -0.3 is 4.74 Å². The molecule has 1 aliphatic rings. The molecule has 0 aliphatic carbocycles. The molecule has 1 rings (SSSR count). The van der Waals surface area contributed by atoms with E-state index in [1.165, 1.54) is 0 Å². The fourth-order valence-corrected chi connectivity index (χ4v) is 1.02. The summed E-state index contributed by atoms with van der Waals surface area (Å²) in [6.45, 7) is 7.97. The van der Waals surface area contributed by atoms with Gasteiger partial charge >= 0.3 is 0 Å². The second kappa shape index (κ2) is 3.96. The number of ether oxygens (including phenoxy) is 1. The lowest BCUT2D eigenvalue weighted by molar-refractivity contribution is 0.313. The average Bonchev–Trinajstić information content (AvgIpc) is 2.38. The van der Waals surface area contributed by atoms with Gasteiger partial charge in [-0.15, -0.1) is 13.2 Å². The predicted octanol–water partition coefficient (Wildman–Crippen LogP) is 1.94. The molecule has 11 heavy (non-hydrogen) atoms. The summed E-state index contributed by atoms with van der Waals surface area (Å²) in [4.78, 5) is 4.32. The van der Waals surface area contributed by atoms with Crippen LogP contribution in [0.3, 0.4) is 0 Å². The highest BCUT2D eigenvalue weighted by Crippen LogP contribution is 2.10. The third-order valence-electron chi connectivity index (χ3n) is 1.53. The molecule has 0 aromatic carbocycles. The SMILES string of the molecule is C=CCC1=NC(CC=C)CO1. The summed E-state index contributed by atoms with van der Waals surface area (Å²) >= 11 is 0. The van der Waals surface area contributed by atoms with E-state index in [9.17, 15) is 0 Å². The number of nitrogens with zero attached hydrogens (tertiary/aromatic N) is 1. The van der Waals surface area contributed by atoms with E-state index in [4.69, 9.17) is 4.74 Å². The highest BCUT2D eigenvalue weighted by Gasteiger charge is 2.15. The van der Waals surface area contributed by atoms with Gasteiger partial charge in [-0.05, 0) is 6.42 Å². The molecular weight excluding hydrogens is 138 g/mol. The van der Waals surface area contributed by atoms with E-state index in [-0.39, 0.29) is 0 Å². The molecule has 0 bridgehead atoms. The van der Waals surface area contributed by atoms with Crippen LogP contribution in [0.25, 0.3) is 0 Å². The molecule has 0 saturated heterocycles. The molecule has 1 atom stereocenters. The largest absolute Gasteiger partial charge is 0.478 e. The molecule has 2 nitrogen and oxygen atoms in total. The van der Waals surface area contributed by atoms with E-state index in [2.05, 4.69) is 18.2 Å². The van der Waals surface area contributed by atoms with Crippen LogP contribution >= 0.6 is 0 Å². The van der Waals surface area contributed by atoms with Gasteiger partial charge in [0.15, 0.2) is 5.90 Å². The van der Waals surface area contributed by atoms with Crippen molar-refractivity contribution >= 4 is 5.90 Å². The minimum Gasteiger partial charge on any atom is -0.478 e. The maximum absolute atomic E-state index is 5.29. The Morgan fingerprint density at radius 1 is 1.55 bits per heavy atom. The lowest BCUT2D eigenvalue weighted by Crippen LogP contribution is -2.03. The molecule has 0 saturated carbocycles. The van der Waals surface area contributed by atoms with Crippen LogP contribution in [0.15, 0.2) is 30.3 Å². The molecule has 1 unspecified atom stereocenters. The zero-order chi connectivity index (χ0) is 8.10. The summed E-state index contributed by atoms with van der Waals surface area (Å²) in [5.74, 6) is 0.812. The second-order valence-corrected chi connectivity index (χ2v) is 2.50. The zero-order valence-electron chi connectivity index (χ0n) is 6.62. The Morgan fingerprint density at radius 3 is 3.00 bits per heavy atom. The van der Waals surface area contributed by atoms with Crippen LogP contribution in [0.1, 0.15) is 12.8 Å². The van der Waals surface area contributed by atoms with Crippen molar-refractivity contribution in [3.8, 4) is 0 Å². The first-order valence-electron chi connectivity index (χ1n) is 3.78. The molecule has 0 aromatic rings. The van der Waals surface area contributed by atoms with Crippen LogP contribution in [-0.4, -0.2) is 18.5 Å². The van der Waals surface area contributed by atoms with Crippen LogP contribution < -0.4 is 0 Å². The third kappa shape index (κ3) is 2.22. The van der Waals surface area contributed by atoms with E-state index in [0.717, 1.165) is 18.7 Å². The van der Waals surface area contributed by atoms with Crippen LogP contribution in [0.2, 0.25) is 0 Å². The molecule has 1 aliphatic heterocycles. The van der Waals surface area contributed by atoms with Gasteiger partial charge in [0, 0.05) is 6.42 Å². The summed E-state index contributed by atoms with van der Waals surface area (Å²) in [5.41, 5.74) is 0. The summed E-state index contributed by atoms with van der Waals surface area (Å²) in [5, 5.41) is 0. The van der Waals surface area contributed by atoms with Gasteiger partial charge in [-0.3, -0.25) is 0 Å². The minimum absolute atomic E-state index is 0.294. The van der Waals surface area contributed by atoms with E-state index in [0.29, 0.717) is 12.6 Å². The van der Waals surface area contributed by atoms with Gasteiger partial charge in [0.05, 0.1) is 6.04 Å². The number of hydrogen-bond donors (Lipinski definition) is 0. The lowest BCUT2D eigenvalue weighted by Gasteiger charge is -1.97. The van der Waals surface area contributed by atoms with E-state index < -0.39 is 0 Å². The van der Waals surface area contributed by atoms with Crippen molar-refractivity contribution in [2.45, 2.75) is 18.9 Å². The first kappa shape index (κ1) is 8.05. The maximum atomic E-state index is 5.29. The number of aliphatic imine (C=N–C) groups is 1. The van der Waals surface area contributed by atoms with Gasteiger partial charge in [-0.25, -0.2) is 4.99 Å². The number of rotatable bonds is 4. The first-order chi connectivity index (χ1) is 5.36. The molecule has 0 aromatic heterocycles. The standard InChI is InChI=1S/C9H13NO/c1-3-5-8-7-11-9(10-8)6-4-2/h3-4,8H,1-2,5-7H2. The van der Waals surface area contributed by atoms with Gasteiger partial charge in [-0.1, -0.05) is 12.2 Å². The first-order valence-corrected chi connectivity index (χ1v) is 3.78. The minimum atomic E-state index is 0.294. The molecule has 0 fully saturated rings. The summed E-state index contributed by atoms with van der Waals surface area (Å²) in [6.07, 6.45) is 5.32. The second-order valence-electron chi connectivity index (χ2n) is 2.50.